The Labute approximate surface area is 97.1 Å². The summed E-state index contributed by atoms with van der Waals surface area (Å²) in [5.41, 5.74) is 0.841. The average Bonchev–Trinajstić information content (AvgIpc) is 2.68. The van der Waals surface area contributed by atoms with E-state index in [4.69, 9.17) is 5.11 Å². The first-order valence-electron chi connectivity index (χ1n) is 5.37. The molecule has 0 saturated heterocycles. The number of hydrogen-bond acceptors (Lipinski definition) is 3. The van der Waals surface area contributed by atoms with E-state index >= 15 is 0 Å². The number of aromatic carboxylic acids is 1. The highest BCUT2D eigenvalue weighted by Gasteiger charge is 2.16. The van der Waals surface area contributed by atoms with Crippen LogP contribution in [0.5, 0.6) is 0 Å². The molecule has 6 heteroatoms. The lowest BCUT2D eigenvalue weighted by Gasteiger charge is -2.11. The van der Waals surface area contributed by atoms with Crippen molar-refractivity contribution in [1.29, 1.82) is 0 Å². The molecule has 0 radical (unpaired) electrons. The summed E-state index contributed by atoms with van der Waals surface area (Å²) < 4.78 is 2.93. The second kappa shape index (κ2) is 4.04. The van der Waals surface area contributed by atoms with E-state index in [2.05, 4.69) is 5.10 Å². The minimum atomic E-state index is -1.07. The number of carboxylic acids is 1. The molecule has 17 heavy (non-hydrogen) atoms. The average molecular weight is 235 g/mol. The largest absolute Gasteiger partial charge is 0.477 e. The summed E-state index contributed by atoms with van der Waals surface area (Å²) in [6.07, 6.45) is 2.06. The van der Waals surface area contributed by atoms with E-state index in [0.29, 0.717) is 12.2 Å². The van der Waals surface area contributed by atoms with Crippen LogP contribution in [-0.4, -0.2) is 25.3 Å². The molecule has 0 spiro atoms. The SMILES string of the molecule is CCCn1c(C)cc(=O)n2ncc(C(=O)O)c12. The van der Waals surface area contributed by atoms with Gasteiger partial charge >= 0.3 is 5.97 Å². The molecule has 0 aliphatic carbocycles. The zero-order valence-electron chi connectivity index (χ0n) is 9.67. The maximum absolute atomic E-state index is 11.7. The second-order valence-electron chi connectivity index (χ2n) is 3.87. The van der Waals surface area contributed by atoms with Crippen LogP contribution in [0.1, 0.15) is 29.4 Å². The number of carboxylic acid groups (broad SMARTS) is 1. The molecule has 2 heterocycles. The van der Waals surface area contributed by atoms with Crippen molar-refractivity contribution in [2.75, 3.05) is 0 Å². The Balaban J connectivity index is 2.90. The second-order valence-corrected chi connectivity index (χ2v) is 3.87. The zero-order chi connectivity index (χ0) is 12.6. The van der Waals surface area contributed by atoms with Gasteiger partial charge in [-0.1, -0.05) is 6.92 Å². The first-order valence-corrected chi connectivity index (χ1v) is 5.37. The lowest BCUT2D eigenvalue weighted by molar-refractivity contribution is 0.0698. The highest BCUT2D eigenvalue weighted by molar-refractivity contribution is 5.94. The van der Waals surface area contributed by atoms with Gasteiger partial charge in [0.25, 0.3) is 5.56 Å². The maximum atomic E-state index is 11.7. The zero-order valence-corrected chi connectivity index (χ0v) is 9.67. The fourth-order valence-corrected chi connectivity index (χ4v) is 1.90. The summed E-state index contributed by atoms with van der Waals surface area (Å²) in [7, 11) is 0. The van der Waals surface area contributed by atoms with Crippen molar-refractivity contribution >= 4 is 11.6 Å². The van der Waals surface area contributed by atoms with Crippen LogP contribution in [0, 0.1) is 6.92 Å². The van der Waals surface area contributed by atoms with Gasteiger partial charge in [-0.25, -0.2) is 4.79 Å². The molecule has 2 rings (SSSR count). The van der Waals surface area contributed by atoms with Crippen molar-refractivity contribution < 1.29 is 9.90 Å². The third-order valence-corrected chi connectivity index (χ3v) is 2.64. The Bertz CT molecular complexity index is 639. The molecular formula is C11H13N3O3. The van der Waals surface area contributed by atoms with Crippen molar-refractivity contribution in [2.24, 2.45) is 0 Å². The number of fused-ring (bicyclic) bond motifs is 1. The highest BCUT2D eigenvalue weighted by atomic mass is 16.4. The van der Waals surface area contributed by atoms with Gasteiger partial charge in [0.2, 0.25) is 0 Å². The van der Waals surface area contributed by atoms with Crippen LogP contribution < -0.4 is 5.56 Å². The van der Waals surface area contributed by atoms with Gasteiger partial charge < -0.3 is 9.67 Å². The Kier molecular flexibility index (Phi) is 2.71. The monoisotopic (exact) mass is 235 g/mol. The number of rotatable bonds is 3. The topological polar surface area (TPSA) is 76.6 Å². The third kappa shape index (κ3) is 1.71. The Morgan fingerprint density at radius 2 is 2.24 bits per heavy atom. The molecule has 0 aliphatic rings. The minimum Gasteiger partial charge on any atom is -0.477 e. The van der Waals surface area contributed by atoms with Crippen LogP contribution >= 0.6 is 0 Å². The Morgan fingerprint density at radius 1 is 1.53 bits per heavy atom. The van der Waals surface area contributed by atoms with Gasteiger partial charge in [0.15, 0.2) is 5.65 Å². The van der Waals surface area contributed by atoms with E-state index in [1.165, 1.54) is 12.3 Å². The fraction of sp³-hybridized carbons (Fsp3) is 0.364. The summed E-state index contributed by atoms with van der Waals surface area (Å²) in [5, 5.41) is 12.9. The van der Waals surface area contributed by atoms with Crippen molar-refractivity contribution in [3.63, 3.8) is 0 Å². The first-order chi connectivity index (χ1) is 8.06. The third-order valence-electron chi connectivity index (χ3n) is 2.64. The molecule has 0 aliphatic heterocycles. The van der Waals surface area contributed by atoms with E-state index in [-0.39, 0.29) is 11.1 Å². The van der Waals surface area contributed by atoms with E-state index in [9.17, 15) is 9.59 Å². The molecule has 0 amide bonds. The van der Waals surface area contributed by atoms with Gasteiger partial charge in [0.1, 0.15) is 5.56 Å². The van der Waals surface area contributed by atoms with Crippen LogP contribution in [0.25, 0.3) is 5.65 Å². The number of nitrogens with zero attached hydrogens (tertiary/aromatic N) is 3. The summed E-state index contributed by atoms with van der Waals surface area (Å²) >= 11 is 0. The fourth-order valence-electron chi connectivity index (χ4n) is 1.90. The van der Waals surface area contributed by atoms with Gasteiger partial charge in [0, 0.05) is 18.3 Å². The number of aryl methyl sites for hydroxylation is 2. The van der Waals surface area contributed by atoms with E-state index in [1.807, 2.05) is 6.92 Å². The predicted molar refractivity (Wildman–Crippen MR) is 61.4 cm³/mol. The molecule has 1 N–H and O–H groups in total. The summed E-state index contributed by atoms with van der Waals surface area (Å²) in [5.74, 6) is -1.07. The van der Waals surface area contributed by atoms with Crippen molar-refractivity contribution in [2.45, 2.75) is 26.8 Å². The molecule has 2 aromatic heterocycles. The van der Waals surface area contributed by atoms with Gasteiger partial charge in [-0.05, 0) is 13.3 Å². The van der Waals surface area contributed by atoms with Crippen molar-refractivity contribution in [3.05, 3.63) is 33.9 Å². The summed E-state index contributed by atoms with van der Waals surface area (Å²) in [4.78, 5) is 22.8. The number of aromatic nitrogens is 3. The number of carbonyl (C=O) groups is 1. The molecule has 0 fully saturated rings. The van der Waals surface area contributed by atoms with Crippen molar-refractivity contribution in [3.8, 4) is 0 Å². The predicted octanol–water partition coefficient (Wildman–Crippen LogP) is 0.913. The van der Waals surface area contributed by atoms with Crippen LogP contribution in [0.4, 0.5) is 0 Å². The highest BCUT2D eigenvalue weighted by Crippen LogP contribution is 2.12. The molecule has 90 valence electrons. The minimum absolute atomic E-state index is 0.0549. The van der Waals surface area contributed by atoms with Crippen molar-refractivity contribution in [1.82, 2.24) is 14.2 Å². The van der Waals surface area contributed by atoms with Crippen LogP contribution in [0.2, 0.25) is 0 Å². The molecular weight excluding hydrogens is 222 g/mol. The number of hydrogen-bond donors (Lipinski definition) is 1. The summed E-state index contributed by atoms with van der Waals surface area (Å²) in [6.45, 7) is 4.43. The Hall–Kier alpha value is -2.11. The molecule has 0 saturated carbocycles. The van der Waals surface area contributed by atoms with E-state index < -0.39 is 5.97 Å². The molecule has 6 nitrogen and oxygen atoms in total. The molecule has 0 aromatic carbocycles. The maximum Gasteiger partial charge on any atom is 0.341 e. The molecule has 0 unspecified atom stereocenters. The standard InChI is InChI=1S/C11H13N3O3/c1-3-4-13-7(2)5-9(15)14-10(13)8(6-12-14)11(16)17/h5-6H,3-4H2,1-2H3,(H,16,17). The normalized spacial score (nSPS) is 10.9. The van der Waals surface area contributed by atoms with Crippen LogP contribution in [-0.2, 0) is 6.54 Å². The quantitative estimate of drug-likeness (QED) is 0.857. The van der Waals surface area contributed by atoms with Gasteiger partial charge in [-0.15, -0.1) is 0 Å². The van der Waals surface area contributed by atoms with E-state index in [1.54, 1.807) is 11.5 Å². The summed E-state index contributed by atoms with van der Waals surface area (Å²) in [6, 6.07) is 1.46. The van der Waals surface area contributed by atoms with E-state index in [0.717, 1.165) is 16.6 Å². The van der Waals surface area contributed by atoms with Gasteiger partial charge in [-0.3, -0.25) is 4.79 Å². The molecule has 2 aromatic rings. The lowest BCUT2D eigenvalue weighted by atomic mass is 10.3. The van der Waals surface area contributed by atoms with Crippen LogP contribution in [0.15, 0.2) is 17.1 Å². The lowest BCUT2D eigenvalue weighted by Crippen LogP contribution is -2.20. The molecule has 0 bridgehead atoms. The van der Waals surface area contributed by atoms with Gasteiger partial charge in [-0.2, -0.15) is 9.61 Å². The first kappa shape index (κ1) is 11.4. The smallest absolute Gasteiger partial charge is 0.341 e. The Morgan fingerprint density at radius 3 is 2.82 bits per heavy atom. The van der Waals surface area contributed by atoms with Gasteiger partial charge in [0.05, 0.1) is 6.20 Å². The molecule has 0 atom stereocenters. The van der Waals surface area contributed by atoms with Crippen LogP contribution in [0.3, 0.4) is 0 Å².